The number of Topliss-reactive ketones (excluding diaryl/α,β-unsaturated/α-hetero) is 1. The molecule has 2 aliphatic rings. The van der Waals surface area contributed by atoms with Gasteiger partial charge < -0.3 is 14.2 Å². The van der Waals surface area contributed by atoms with Gasteiger partial charge in [-0.15, -0.1) is 0 Å². The van der Waals surface area contributed by atoms with Crippen LogP contribution in [-0.4, -0.2) is 50.9 Å². The van der Waals surface area contributed by atoms with Gasteiger partial charge in [-0.2, -0.15) is 0 Å². The Hall–Kier alpha value is -2.80. The maximum atomic E-state index is 13.2. The Kier molecular flexibility index (Phi) is 6.74. The van der Waals surface area contributed by atoms with E-state index in [1.165, 1.54) is 14.2 Å². The fourth-order valence-corrected chi connectivity index (χ4v) is 4.37. The van der Waals surface area contributed by atoms with Gasteiger partial charge in [-0.3, -0.25) is 14.6 Å². The van der Waals surface area contributed by atoms with E-state index in [4.69, 9.17) is 14.2 Å². The summed E-state index contributed by atoms with van der Waals surface area (Å²) in [6, 6.07) is 6.82. The third-order valence-corrected chi connectivity index (χ3v) is 5.78. The average Bonchev–Trinajstić information content (AvgIpc) is 2.71. The lowest BCUT2D eigenvalue weighted by Crippen LogP contribution is -2.39. The Morgan fingerprint density at radius 1 is 1.10 bits per heavy atom. The highest BCUT2D eigenvalue weighted by Gasteiger charge is 2.46. The first-order chi connectivity index (χ1) is 14.7. The lowest BCUT2D eigenvalue weighted by Gasteiger charge is -2.39. The molecule has 7 heteroatoms. The molecule has 2 atom stereocenters. The molecule has 1 heterocycles. The quantitative estimate of drug-likeness (QED) is 0.510. The summed E-state index contributed by atoms with van der Waals surface area (Å²) < 4.78 is 15.2. The Bertz CT molecular complexity index is 941. The fourth-order valence-electron chi connectivity index (χ4n) is 4.37. The van der Waals surface area contributed by atoms with Crippen LogP contribution in [0.4, 0.5) is 0 Å². The zero-order chi connectivity index (χ0) is 22.8. The van der Waals surface area contributed by atoms with Gasteiger partial charge >= 0.3 is 11.9 Å². The van der Waals surface area contributed by atoms with E-state index in [9.17, 15) is 14.4 Å². The first kappa shape index (κ1) is 22.9. The second-order valence-electron chi connectivity index (χ2n) is 8.78. The van der Waals surface area contributed by atoms with E-state index in [0.29, 0.717) is 29.7 Å². The van der Waals surface area contributed by atoms with Crippen LogP contribution in [0, 0.1) is 11.3 Å². The molecule has 0 saturated heterocycles. The van der Waals surface area contributed by atoms with Crippen molar-refractivity contribution in [3.05, 3.63) is 46.7 Å². The van der Waals surface area contributed by atoms with Gasteiger partial charge in [0.15, 0.2) is 5.78 Å². The number of hydrogen-bond acceptors (Lipinski definition) is 7. The number of esters is 2. The van der Waals surface area contributed by atoms with Crippen molar-refractivity contribution in [2.45, 2.75) is 39.5 Å². The predicted molar refractivity (Wildman–Crippen MR) is 115 cm³/mol. The first-order valence-corrected chi connectivity index (χ1v) is 10.3. The molecule has 0 amide bonds. The second-order valence-corrected chi connectivity index (χ2v) is 8.78. The van der Waals surface area contributed by atoms with E-state index < -0.39 is 23.8 Å². The van der Waals surface area contributed by atoms with Gasteiger partial charge in [0.05, 0.1) is 19.3 Å². The zero-order valence-electron chi connectivity index (χ0n) is 18.7. The average molecular weight is 427 g/mol. The number of nitrogens with zero attached hydrogens (tertiary/aromatic N) is 1. The van der Waals surface area contributed by atoms with E-state index in [0.717, 1.165) is 11.3 Å². The molecule has 0 bridgehead atoms. The van der Waals surface area contributed by atoms with Crippen LogP contribution in [0.25, 0.3) is 0 Å². The summed E-state index contributed by atoms with van der Waals surface area (Å²) >= 11 is 0. The molecule has 166 valence electrons. The summed E-state index contributed by atoms with van der Waals surface area (Å²) in [5, 5.41) is 0. The van der Waals surface area contributed by atoms with Crippen LogP contribution in [0.3, 0.4) is 0 Å². The molecule has 1 aliphatic carbocycles. The number of methoxy groups -OCH3 is 2. The van der Waals surface area contributed by atoms with E-state index in [1.807, 2.05) is 13.8 Å². The molecule has 31 heavy (non-hydrogen) atoms. The topological polar surface area (TPSA) is 91.3 Å². The molecule has 0 aromatic heterocycles. The molecule has 1 unspecified atom stereocenters. The van der Waals surface area contributed by atoms with Crippen LogP contribution in [0.5, 0.6) is 0 Å². The Morgan fingerprint density at radius 2 is 1.77 bits per heavy atom. The van der Waals surface area contributed by atoms with Gasteiger partial charge in [0.2, 0.25) is 0 Å². The minimum atomic E-state index is -0.718. The van der Waals surface area contributed by atoms with Gasteiger partial charge in [-0.05, 0) is 36.5 Å². The highest BCUT2D eigenvalue weighted by atomic mass is 16.6. The van der Waals surface area contributed by atoms with Crippen LogP contribution < -0.4 is 0 Å². The number of hydrogen-bond donors (Lipinski definition) is 0. The standard InChI is InChI=1S/C24H29NO6/c1-14-19(23(28)31-11-10-29-4)20(15-6-8-16(9-7-15)22(27)30-5)21-17(25-14)12-24(2,3)13-18(21)26/h6-9,19-20H,10-13H2,1-5H3/t19?,20-/m0/s1. The van der Waals surface area contributed by atoms with Gasteiger partial charge in [0, 0.05) is 36.4 Å². The maximum Gasteiger partial charge on any atom is 0.337 e. The summed E-state index contributed by atoms with van der Waals surface area (Å²) in [5.74, 6) is -2.12. The largest absolute Gasteiger partial charge is 0.465 e. The molecular weight excluding hydrogens is 398 g/mol. The van der Waals surface area contributed by atoms with E-state index in [-0.39, 0.29) is 24.4 Å². The van der Waals surface area contributed by atoms with Crippen molar-refractivity contribution in [2.24, 2.45) is 16.3 Å². The van der Waals surface area contributed by atoms with Crippen molar-refractivity contribution >= 4 is 23.4 Å². The second kappa shape index (κ2) is 9.14. The highest BCUT2D eigenvalue weighted by Crippen LogP contribution is 2.47. The third kappa shape index (κ3) is 4.77. The zero-order valence-corrected chi connectivity index (χ0v) is 18.7. The molecular formula is C24H29NO6. The SMILES string of the molecule is COCCOC(=O)C1C(C)=NC2=C(C(=O)CC(C)(C)C2)[C@H]1c1ccc(C(=O)OC)cc1. The highest BCUT2D eigenvalue weighted by molar-refractivity contribution is 6.09. The van der Waals surface area contributed by atoms with Crippen molar-refractivity contribution in [2.75, 3.05) is 27.4 Å². The number of rotatable bonds is 6. The normalized spacial score (nSPS) is 22.5. The summed E-state index contributed by atoms with van der Waals surface area (Å²) in [6.45, 7) is 6.30. The van der Waals surface area contributed by atoms with Crippen LogP contribution in [0.15, 0.2) is 40.5 Å². The summed E-state index contributed by atoms with van der Waals surface area (Å²) in [5.41, 5.74) is 2.90. The minimum absolute atomic E-state index is 0.000707. The lowest BCUT2D eigenvalue weighted by atomic mass is 9.67. The summed E-state index contributed by atoms with van der Waals surface area (Å²) in [7, 11) is 2.86. The molecule has 0 radical (unpaired) electrons. The molecule has 1 aromatic carbocycles. The number of benzene rings is 1. The number of ether oxygens (including phenoxy) is 3. The Morgan fingerprint density at radius 3 is 2.39 bits per heavy atom. The van der Waals surface area contributed by atoms with Crippen molar-refractivity contribution in [1.82, 2.24) is 0 Å². The van der Waals surface area contributed by atoms with E-state index >= 15 is 0 Å². The summed E-state index contributed by atoms with van der Waals surface area (Å²) in [4.78, 5) is 42.8. The van der Waals surface area contributed by atoms with Crippen molar-refractivity contribution in [1.29, 1.82) is 0 Å². The fraction of sp³-hybridized carbons (Fsp3) is 0.500. The number of allylic oxidation sites excluding steroid dienone is 2. The van der Waals surface area contributed by atoms with Crippen molar-refractivity contribution in [3.63, 3.8) is 0 Å². The molecule has 0 fully saturated rings. The lowest BCUT2D eigenvalue weighted by molar-refractivity contribution is -0.147. The van der Waals surface area contributed by atoms with E-state index in [1.54, 1.807) is 31.2 Å². The third-order valence-electron chi connectivity index (χ3n) is 5.78. The molecule has 3 rings (SSSR count). The van der Waals surface area contributed by atoms with Gasteiger partial charge in [0.1, 0.15) is 12.5 Å². The smallest absolute Gasteiger partial charge is 0.337 e. The van der Waals surface area contributed by atoms with Crippen LogP contribution in [0.2, 0.25) is 0 Å². The van der Waals surface area contributed by atoms with Gasteiger partial charge in [0.25, 0.3) is 0 Å². The Balaban J connectivity index is 2.06. The number of ketones is 1. The number of aliphatic imine (C=N–C) groups is 1. The Labute approximate surface area is 182 Å². The van der Waals surface area contributed by atoms with E-state index in [2.05, 4.69) is 4.99 Å². The molecule has 1 aromatic rings. The number of carbonyl (C=O) groups excluding carboxylic acids is 3. The first-order valence-electron chi connectivity index (χ1n) is 10.3. The van der Waals surface area contributed by atoms with Gasteiger partial charge in [-0.1, -0.05) is 26.0 Å². The van der Waals surface area contributed by atoms with Crippen LogP contribution in [0.1, 0.15) is 55.5 Å². The molecule has 0 saturated carbocycles. The summed E-state index contributed by atoms with van der Waals surface area (Å²) in [6.07, 6.45) is 1.05. The van der Waals surface area contributed by atoms with Crippen molar-refractivity contribution < 1.29 is 28.6 Å². The van der Waals surface area contributed by atoms with Crippen LogP contribution >= 0.6 is 0 Å². The van der Waals surface area contributed by atoms with Gasteiger partial charge in [-0.25, -0.2) is 4.79 Å². The molecule has 7 nitrogen and oxygen atoms in total. The van der Waals surface area contributed by atoms with Crippen molar-refractivity contribution in [3.8, 4) is 0 Å². The molecule has 0 N–H and O–H groups in total. The maximum absolute atomic E-state index is 13.2. The minimum Gasteiger partial charge on any atom is -0.465 e. The number of carbonyl (C=O) groups is 3. The molecule has 1 aliphatic heterocycles. The van der Waals surface area contributed by atoms with Crippen LogP contribution in [-0.2, 0) is 23.8 Å². The molecule has 0 spiro atoms. The predicted octanol–water partition coefficient (Wildman–Crippen LogP) is 3.48. The monoisotopic (exact) mass is 427 g/mol.